The summed E-state index contributed by atoms with van der Waals surface area (Å²) in [5.41, 5.74) is 10.1. The van der Waals surface area contributed by atoms with Crippen molar-refractivity contribution in [2.45, 2.75) is 68.6 Å². The summed E-state index contributed by atoms with van der Waals surface area (Å²) < 4.78 is 6.04. The fourth-order valence-electron chi connectivity index (χ4n) is 6.56. The SMILES string of the molecule is Cc1ccc(CSc2cc(C(=O)OC3CCC4CCCCC4C3)c(N)c3c2C(=O)c2ccccc2C3=O)cc1. The van der Waals surface area contributed by atoms with Crippen LogP contribution in [0.2, 0.25) is 0 Å². The second kappa shape index (κ2) is 10.6. The number of hydrogen-bond acceptors (Lipinski definition) is 6. The van der Waals surface area contributed by atoms with E-state index < -0.39 is 5.97 Å². The first kappa shape index (κ1) is 25.9. The molecule has 0 heterocycles. The van der Waals surface area contributed by atoms with E-state index in [1.165, 1.54) is 43.0 Å². The van der Waals surface area contributed by atoms with Crippen LogP contribution in [0.5, 0.6) is 0 Å². The first-order valence-corrected chi connectivity index (χ1v) is 14.9. The van der Waals surface area contributed by atoms with E-state index in [2.05, 4.69) is 0 Å². The van der Waals surface area contributed by atoms with E-state index in [4.69, 9.17) is 10.5 Å². The van der Waals surface area contributed by atoms with Crippen LogP contribution in [0, 0.1) is 18.8 Å². The molecule has 0 radical (unpaired) electrons. The lowest BCUT2D eigenvalue weighted by molar-refractivity contribution is -0.000862. The minimum absolute atomic E-state index is 0.0360. The standard InChI is InChI=1S/C33H33NO4S/c1-19-10-12-20(13-11-19)18-39-27-17-26(33(37)38-23-15-14-21-6-2-3-7-22(21)16-23)30(34)29-28(27)31(35)24-8-4-5-9-25(24)32(29)36/h4-5,8-13,17,21-23H,2-3,6-7,14-16,18,34H2,1H3. The van der Waals surface area contributed by atoms with Crippen LogP contribution in [0.25, 0.3) is 0 Å². The van der Waals surface area contributed by atoms with Gasteiger partial charge < -0.3 is 10.5 Å². The Kier molecular flexibility index (Phi) is 7.06. The molecule has 0 bridgehead atoms. The largest absolute Gasteiger partial charge is 0.459 e. The third kappa shape index (κ3) is 4.91. The van der Waals surface area contributed by atoms with Crippen LogP contribution in [0.3, 0.4) is 0 Å². The first-order valence-electron chi connectivity index (χ1n) is 13.9. The maximum absolute atomic E-state index is 13.7. The first-order chi connectivity index (χ1) is 18.9. The number of carbonyl (C=O) groups excluding carboxylic acids is 3. The molecule has 3 aromatic rings. The molecule has 2 N–H and O–H groups in total. The summed E-state index contributed by atoms with van der Waals surface area (Å²) in [4.78, 5) is 41.5. The predicted octanol–water partition coefficient (Wildman–Crippen LogP) is 7.16. The van der Waals surface area contributed by atoms with Gasteiger partial charge in [-0.25, -0.2) is 4.79 Å². The van der Waals surface area contributed by atoms with Gasteiger partial charge in [-0.05, 0) is 49.7 Å². The molecule has 3 aliphatic rings. The van der Waals surface area contributed by atoms with E-state index in [0.29, 0.717) is 27.7 Å². The van der Waals surface area contributed by atoms with Crippen molar-refractivity contribution in [2.24, 2.45) is 11.8 Å². The van der Waals surface area contributed by atoms with Crippen molar-refractivity contribution >= 4 is 35.0 Å². The Bertz CT molecular complexity index is 1460. The van der Waals surface area contributed by atoms with E-state index in [-0.39, 0.29) is 40.0 Å². The normalized spacial score (nSPS) is 22.0. The molecule has 6 heteroatoms. The van der Waals surface area contributed by atoms with Crippen LogP contribution in [0.4, 0.5) is 5.69 Å². The molecule has 0 aromatic heterocycles. The van der Waals surface area contributed by atoms with Crippen molar-refractivity contribution in [1.29, 1.82) is 0 Å². The van der Waals surface area contributed by atoms with E-state index >= 15 is 0 Å². The Balaban J connectivity index is 1.35. The fourth-order valence-corrected chi connectivity index (χ4v) is 7.62. The van der Waals surface area contributed by atoms with Gasteiger partial charge in [0.25, 0.3) is 0 Å². The summed E-state index contributed by atoms with van der Waals surface area (Å²) in [6.07, 6.45) is 7.73. The third-order valence-electron chi connectivity index (χ3n) is 8.70. The van der Waals surface area contributed by atoms with Crippen molar-refractivity contribution in [3.63, 3.8) is 0 Å². The number of fused-ring (bicyclic) bond motifs is 3. The molecule has 3 aliphatic carbocycles. The fraction of sp³-hybridized carbons (Fsp3) is 0.364. The van der Waals surface area contributed by atoms with Gasteiger partial charge in [0.15, 0.2) is 11.6 Å². The number of thioether (sulfide) groups is 1. The Hall–Kier alpha value is -3.38. The zero-order valence-corrected chi connectivity index (χ0v) is 23.0. The van der Waals surface area contributed by atoms with Crippen LogP contribution in [-0.2, 0) is 10.5 Å². The van der Waals surface area contributed by atoms with Gasteiger partial charge in [-0.2, -0.15) is 0 Å². The second-order valence-corrected chi connectivity index (χ2v) is 12.2. The molecule has 39 heavy (non-hydrogen) atoms. The van der Waals surface area contributed by atoms with E-state index in [9.17, 15) is 14.4 Å². The molecule has 0 saturated heterocycles. The molecular formula is C33H33NO4S. The van der Waals surface area contributed by atoms with Crippen molar-refractivity contribution in [3.05, 3.63) is 93.5 Å². The summed E-state index contributed by atoms with van der Waals surface area (Å²) in [6, 6.07) is 16.7. The highest BCUT2D eigenvalue weighted by molar-refractivity contribution is 7.98. The number of hydrogen-bond donors (Lipinski definition) is 1. The predicted molar refractivity (Wildman–Crippen MR) is 153 cm³/mol. The Morgan fingerprint density at radius 1 is 0.897 bits per heavy atom. The second-order valence-electron chi connectivity index (χ2n) is 11.2. The highest BCUT2D eigenvalue weighted by Crippen LogP contribution is 2.43. The van der Waals surface area contributed by atoms with Gasteiger partial charge in [0, 0.05) is 27.3 Å². The molecule has 5 nitrogen and oxygen atoms in total. The number of ketones is 2. The van der Waals surface area contributed by atoms with Gasteiger partial charge in [-0.3, -0.25) is 9.59 Å². The monoisotopic (exact) mass is 539 g/mol. The summed E-state index contributed by atoms with van der Waals surface area (Å²) in [5.74, 6) is 0.866. The average Bonchev–Trinajstić information content (AvgIpc) is 2.95. The molecule has 0 aliphatic heterocycles. The number of aryl methyl sites for hydroxylation is 1. The van der Waals surface area contributed by atoms with Crippen molar-refractivity contribution in [2.75, 3.05) is 5.73 Å². The molecule has 2 fully saturated rings. The molecule has 3 atom stereocenters. The van der Waals surface area contributed by atoms with Crippen molar-refractivity contribution < 1.29 is 19.1 Å². The quantitative estimate of drug-likeness (QED) is 0.164. The van der Waals surface area contributed by atoms with Crippen molar-refractivity contribution in [1.82, 2.24) is 0 Å². The molecule has 200 valence electrons. The molecule has 3 aromatic carbocycles. The highest BCUT2D eigenvalue weighted by atomic mass is 32.2. The number of nitrogens with two attached hydrogens (primary N) is 1. The van der Waals surface area contributed by atoms with Crippen LogP contribution in [0.1, 0.15) is 98.3 Å². The molecule has 3 unspecified atom stereocenters. The van der Waals surface area contributed by atoms with Crippen LogP contribution in [-0.4, -0.2) is 23.6 Å². The van der Waals surface area contributed by atoms with Gasteiger partial charge >= 0.3 is 5.97 Å². The molecule has 0 spiro atoms. The smallest absolute Gasteiger partial charge is 0.340 e. The van der Waals surface area contributed by atoms with Gasteiger partial charge in [0.2, 0.25) is 0 Å². The molecule has 0 amide bonds. The lowest BCUT2D eigenvalue weighted by atomic mass is 9.70. The lowest BCUT2D eigenvalue weighted by Gasteiger charge is -2.38. The van der Waals surface area contributed by atoms with Gasteiger partial charge in [0.05, 0.1) is 16.8 Å². The zero-order chi connectivity index (χ0) is 27.1. The third-order valence-corrected chi connectivity index (χ3v) is 9.81. The number of ether oxygens (including phenoxy) is 1. The van der Waals surface area contributed by atoms with E-state index in [0.717, 1.165) is 30.7 Å². The molecule has 6 rings (SSSR count). The summed E-state index contributed by atoms with van der Waals surface area (Å²) in [7, 11) is 0. The van der Waals surface area contributed by atoms with Gasteiger partial charge in [-0.15, -0.1) is 11.8 Å². The van der Waals surface area contributed by atoms with Crippen LogP contribution >= 0.6 is 11.8 Å². The summed E-state index contributed by atoms with van der Waals surface area (Å²) >= 11 is 1.44. The zero-order valence-electron chi connectivity index (χ0n) is 22.2. The minimum Gasteiger partial charge on any atom is -0.459 e. The maximum Gasteiger partial charge on any atom is 0.340 e. The number of rotatable bonds is 5. The van der Waals surface area contributed by atoms with E-state index in [1.54, 1.807) is 30.3 Å². The van der Waals surface area contributed by atoms with E-state index in [1.807, 2.05) is 31.2 Å². The Labute approximate surface area is 233 Å². The molecule has 2 saturated carbocycles. The number of anilines is 1. The van der Waals surface area contributed by atoms with Crippen LogP contribution in [0.15, 0.2) is 59.5 Å². The average molecular weight is 540 g/mol. The van der Waals surface area contributed by atoms with Crippen molar-refractivity contribution in [3.8, 4) is 0 Å². The number of nitrogen functional groups attached to an aromatic ring is 1. The lowest BCUT2D eigenvalue weighted by Crippen LogP contribution is -2.33. The van der Waals surface area contributed by atoms with Gasteiger partial charge in [0.1, 0.15) is 6.10 Å². The number of esters is 1. The Morgan fingerprint density at radius 3 is 2.28 bits per heavy atom. The molecular weight excluding hydrogens is 506 g/mol. The summed E-state index contributed by atoms with van der Waals surface area (Å²) in [6.45, 7) is 2.04. The highest BCUT2D eigenvalue weighted by Gasteiger charge is 2.37. The number of benzene rings is 3. The topological polar surface area (TPSA) is 86.5 Å². The maximum atomic E-state index is 13.7. The van der Waals surface area contributed by atoms with Gasteiger partial charge in [-0.1, -0.05) is 79.8 Å². The Morgan fingerprint density at radius 2 is 1.56 bits per heavy atom. The summed E-state index contributed by atoms with van der Waals surface area (Å²) in [5, 5.41) is 0. The number of carbonyl (C=O) groups is 3. The minimum atomic E-state index is -0.508. The van der Waals surface area contributed by atoms with Crippen LogP contribution < -0.4 is 5.73 Å².